The molecule has 2 unspecified atom stereocenters. The second-order valence-electron chi connectivity index (χ2n) is 3.96. The molecule has 0 saturated carbocycles. The van der Waals surface area contributed by atoms with E-state index in [0.717, 1.165) is 4.88 Å². The standard InChI is InChI=1S/C11H17N3O2S/c1-6-3-4-9(17-6)7(2)14-11(16)8(12)5-10(13)15/h3-4,7-8H,5,12H2,1-2H3,(H2,13,15)(H,14,16). The van der Waals surface area contributed by atoms with Crippen LogP contribution in [0, 0.1) is 6.92 Å². The lowest BCUT2D eigenvalue weighted by atomic mass is 10.2. The van der Waals surface area contributed by atoms with Gasteiger partial charge in [-0.15, -0.1) is 11.3 Å². The maximum absolute atomic E-state index is 11.6. The summed E-state index contributed by atoms with van der Waals surface area (Å²) in [6.45, 7) is 3.88. The summed E-state index contributed by atoms with van der Waals surface area (Å²) < 4.78 is 0. The van der Waals surface area contributed by atoms with E-state index < -0.39 is 11.9 Å². The molecule has 0 spiro atoms. The number of thiophene rings is 1. The number of carbonyl (C=O) groups is 2. The molecule has 2 amide bonds. The van der Waals surface area contributed by atoms with Crippen LogP contribution in [0.1, 0.15) is 29.1 Å². The number of aryl methyl sites for hydroxylation is 1. The fraction of sp³-hybridized carbons (Fsp3) is 0.455. The van der Waals surface area contributed by atoms with Gasteiger partial charge in [0.25, 0.3) is 0 Å². The first-order valence-electron chi connectivity index (χ1n) is 5.30. The molecule has 94 valence electrons. The van der Waals surface area contributed by atoms with E-state index in [9.17, 15) is 9.59 Å². The van der Waals surface area contributed by atoms with Crippen LogP contribution in [0.2, 0.25) is 0 Å². The van der Waals surface area contributed by atoms with Crippen molar-refractivity contribution in [2.45, 2.75) is 32.4 Å². The largest absolute Gasteiger partial charge is 0.370 e. The van der Waals surface area contributed by atoms with Crippen LogP contribution in [0.3, 0.4) is 0 Å². The molecule has 1 aromatic rings. The highest BCUT2D eigenvalue weighted by atomic mass is 32.1. The zero-order valence-corrected chi connectivity index (χ0v) is 10.7. The zero-order chi connectivity index (χ0) is 13.0. The van der Waals surface area contributed by atoms with Gasteiger partial charge in [-0.1, -0.05) is 0 Å². The van der Waals surface area contributed by atoms with E-state index >= 15 is 0 Å². The van der Waals surface area contributed by atoms with E-state index in [4.69, 9.17) is 11.5 Å². The molecule has 5 N–H and O–H groups in total. The highest BCUT2D eigenvalue weighted by Gasteiger charge is 2.18. The number of hydrogen-bond acceptors (Lipinski definition) is 4. The van der Waals surface area contributed by atoms with Gasteiger partial charge in [0.1, 0.15) is 0 Å². The van der Waals surface area contributed by atoms with E-state index in [-0.39, 0.29) is 18.4 Å². The molecule has 0 aliphatic heterocycles. The summed E-state index contributed by atoms with van der Waals surface area (Å²) in [7, 11) is 0. The third kappa shape index (κ3) is 4.16. The Kier molecular flexibility index (Phi) is 4.65. The lowest BCUT2D eigenvalue weighted by Gasteiger charge is -2.15. The molecule has 0 bridgehead atoms. The van der Waals surface area contributed by atoms with Crippen LogP contribution in [0.25, 0.3) is 0 Å². The van der Waals surface area contributed by atoms with Gasteiger partial charge in [0.15, 0.2) is 0 Å². The molecule has 0 aliphatic carbocycles. The summed E-state index contributed by atoms with van der Waals surface area (Å²) in [5, 5.41) is 2.75. The topological polar surface area (TPSA) is 98.2 Å². The van der Waals surface area contributed by atoms with Gasteiger partial charge >= 0.3 is 0 Å². The minimum absolute atomic E-state index is 0.111. The summed E-state index contributed by atoms with van der Waals surface area (Å²) >= 11 is 1.62. The molecule has 6 heteroatoms. The van der Waals surface area contributed by atoms with Crippen molar-refractivity contribution in [3.63, 3.8) is 0 Å². The molecule has 0 aliphatic rings. The third-order valence-electron chi connectivity index (χ3n) is 2.30. The van der Waals surface area contributed by atoms with E-state index in [1.807, 2.05) is 26.0 Å². The Morgan fingerprint density at radius 1 is 1.47 bits per heavy atom. The highest BCUT2D eigenvalue weighted by molar-refractivity contribution is 7.12. The first kappa shape index (κ1) is 13.7. The van der Waals surface area contributed by atoms with Crippen molar-refractivity contribution in [3.05, 3.63) is 21.9 Å². The van der Waals surface area contributed by atoms with Crippen molar-refractivity contribution < 1.29 is 9.59 Å². The first-order valence-corrected chi connectivity index (χ1v) is 6.12. The fourth-order valence-electron chi connectivity index (χ4n) is 1.39. The quantitative estimate of drug-likeness (QED) is 0.711. The molecule has 0 fully saturated rings. The molecule has 2 atom stereocenters. The smallest absolute Gasteiger partial charge is 0.237 e. The maximum Gasteiger partial charge on any atom is 0.237 e. The van der Waals surface area contributed by atoms with Gasteiger partial charge in [-0.2, -0.15) is 0 Å². The Morgan fingerprint density at radius 2 is 2.12 bits per heavy atom. The molecule has 17 heavy (non-hydrogen) atoms. The molecule has 1 aromatic heterocycles. The number of rotatable bonds is 5. The first-order chi connectivity index (χ1) is 7.90. The summed E-state index contributed by atoms with van der Waals surface area (Å²) in [6.07, 6.45) is -0.137. The maximum atomic E-state index is 11.6. The van der Waals surface area contributed by atoms with E-state index in [1.165, 1.54) is 4.88 Å². The zero-order valence-electron chi connectivity index (χ0n) is 9.90. The van der Waals surface area contributed by atoms with Crippen LogP contribution >= 0.6 is 11.3 Å². The Bertz CT molecular complexity index is 417. The number of nitrogens with one attached hydrogen (secondary N) is 1. The van der Waals surface area contributed by atoms with Crippen LogP contribution < -0.4 is 16.8 Å². The Balaban J connectivity index is 2.53. The molecule has 0 saturated heterocycles. The van der Waals surface area contributed by atoms with Gasteiger partial charge in [-0.25, -0.2) is 0 Å². The molecule has 0 radical (unpaired) electrons. The monoisotopic (exact) mass is 255 g/mol. The van der Waals surface area contributed by atoms with Gasteiger partial charge in [-0.05, 0) is 26.0 Å². The van der Waals surface area contributed by atoms with E-state index in [0.29, 0.717) is 0 Å². The Morgan fingerprint density at radius 3 is 2.59 bits per heavy atom. The SMILES string of the molecule is Cc1ccc(C(C)NC(=O)C(N)CC(N)=O)s1. The minimum Gasteiger partial charge on any atom is -0.370 e. The summed E-state index contributed by atoms with van der Waals surface area (Å²) in [4.78, 5) is 24.5. The van der Waals surface area contributed by atoms with Crippen molar-refractivity contribution in [1.29, 1.82) is 0 Å². The van der Waals surface area contributed by atoms with E-state index in [1.54, 1.807) is 11.3 Å². The Hall–Kier alpha value is -1.40. The Labute approximate surface area is 104 Å². The van der Waals surface area contributed by atoms with Gasteiger partial charge in [0, 0.05) is 9.75 Å². The average Bonchev–Trinajstić information content (AvgIpc) is 2.63. The van der Waals surface area contributed by atoms with Gasteiger partial charge in [0.05, 0.1) is 18.5 Å². The summed E-state index contributed by atoms with van der Waals surface area (Å²) in [5.74, 6) is -0.936. The van der Waals surface area contributed by atoms with Crippen LogP contribution in [0.5, 0.6) is 0 Å². The lowest BCUT2D eigenvalue weighted by molar-refractivity contribution is -0.126. The van der Waals surface area contributed by atoms with Crippen LogP contribution in [0.15, 0.2) is 12.1 Å². The van der Waals surface area contributed by atoms with Gasteiger partial charge in [-0.3, -0.25) is 9.59 Å². The molecule has 5 nitrogen and oxygen atoms in total. The van der Waals surface area contributed by atoms with Crippen LogP contribution in [-0.2, 0) is 9.59 Å². The van der Waals surface area contributed by atoms with Gasteiger partial charge in [0.2, 0.25) is 11.8 Å². The number of amides is 2. The molecule has 0 aromatic carbocycles. The summed E-state index contributed by atoms with van der Waals surface area (Å²) in [6, 6.07) is 2.97. The van der Waals surface area contributed by atoms with Crippen LogP contribution in [0.4, 0.5) is 0 Å². The minimum atomic E-state index is -0.879. The lowest BCUT2D eigenvalue weighted by Crippen LogP contribution is -2.43. The van der Waals surface area contributed by atoms with Crippen molar-refractivity contribution >= 4 is 23.2 Å². The van der Waals surface area contributed by atoms with Crippen molar-refractivity contribution in [1.82, 2.24) is 5.32 Å². The summed E-state index contributed by atoms with van der Waals surface area (Å²) in [5.41, 5.74) is 10.5. The number of carbonyl (C=O) groups excluding carboxylic acids is 2. The average molecular weight is 255 g/mol. The second-order valence-corrected chi connectivity index (χ2v) is 5.28. The highest BCUT2D eigenvalue weighted by Crippen LogP contribution is 2.22. The number of nitrogens with two attached hydrogens (primary N) is 2. The van der Waals surface area contributed by atoms with Crippen molar-refractivity contribution in [2.75, 3.05) is 0 Å². The third-order valence-corrected chi connectivity index (χ3v) is 3.49. The normalized spacial score (nSPS) is 14.1. The second kappa shape index (κ2) is 5.79. The molecular weight excluding hydrogens is 238 g/mol. The number of primary amides is 1. The van der Waals surface area contributed by atoms with Gasteiger partial charge < -0.3 is 16.8 Å². The van der Waals surface area contributed by atoms with Crippen molar-refractivity contribution in [2.24, 2.45) is 11.5 Å². The van der Waals surface area contributed by atoms with Crippen LogP contribution in [-0.4, -0.2) is 17.9 Å². The fourth-order valence-corrected chi connectivity index (χ4v) is 2.27. The van der Waals surface area contributed by atoms with E-state index in [2.05, 4.69) is 5.32 Å². The molecule has 1 rings (SSSR count). The molecule has 1 heterocycles. The predicted molar refractivity (Wildman–Crippen MR) is 67.4 cm³/mol. The number of hydrogen-bond donors (Lipinski definition) is 3. The predicted octanol–water partition coefficient (Wildman–Crippen LogP) is 0.436. The van der Waals surface area contributed by atoms with Crippen molar-refractivity contribution in [3.8, 4) is 0 Å². The molecular formula is C11H17N3O2S.